The van der Waals surface area contributed by atoms with E-state index in [0.717, 1.165) is 31.7 Å². The molecule has 0 heterocycles. The number of rotatable bonds is 7. The van der Waals surface area contributed by atoms with Crippen molar-refractivity contribution in [2.45, 2.75) is 57.2 Å². The zero-order valence-electron chi connectivity index (χ0n) is 11.3. The fourth-order valence-corrected chi connectivity index (χ4v) is 3.89. The smallest absolute Gasteiger partial charge is 0.237 e. The summed E-state index contributed by atoms with van der Waals surface area (Å²) in [6, 6.07) is 0. The van der Waals surface area contributed by atoms with Gasteiger partial charge in [0.25, 0.3) is 0 Å². The summed E-state index contributed by atoms with van der Waals surface area (Å²) in [7, 11) is 0. The number of hydrogen-bond donors (Lipinski definition) is 2. The van der Waals surface area contributed by atoms with E-state index in [4.69, 9.17) is 5.73 Å². The first-order valence-corrected chi connectivity index (χ1v) is 7.75. The largest absolute Gasteiger partial charge is 0.368 e. The fraction of sp³-hybridized carbons (Fsp3) is 0.923. The summed E-state index contributed by atoms with van der Waals surface area (Å²) >= 11 is 2.01. The molecule has 4 heteroatoms. The van der Waals surface area contributed by atoms with Gasteiger partial charge in [-0.05, 0) is 37.5 Å². The highest BCUT2D eigenvalue weighted by molar-refractivity contribution is 7.99. The van der Waals surface area contributed by atoms with Gasteiger partial charge in [-0.3, -0.25) is 4.79 Å². The first-order chi connectivity index (χ1) is 8.04. The number of carbonyl (C=O) groups excluding carboxylic acids is 1. The SMILES string of the molecule is CCNC1(C(N)=O)CCC(SCC(C)CC)C1. The van der Waals surface area contributed by atoms with Crippen molar-refractivity contribution in [3.05, 3.63) is 0 Å². The highest BCUT2D eigenvalue weighted by Gasteiger charge is 2.43. The van der Waals surface area contributed by atoms with E-state index >= 15 is 0 Å². The van der Waals surface area contributed by atoms with Gasteiger partial charge >= 0.3 is 0 Å². The highest BCUT2D eigenvalue weighted by Crippen LogP contribution is 2.37. The van der Waals surface area contributed by atoms with Crippen LogP contribution in [0.3, 0.4) is 0 Å². The molecule has 17 heavy (non-hydrogen) atoms. The summed E-state index contributed by atoms with van der Waals surface area (Å²) in [6.45, 7) is 7.36. The Hall–Kier alpha value is -0.220. The van der Waals surface area contributed by atoms with Crippen LogP contribution in [-0.4, -0.2) is 29.0 Å². The molecule has 0 bridgehead atoms. The maximum absolute atomic E-state index is 11.6. The monoisotopic (exact) mass is 258 g/mol. The van der Waals surface area contributed by atoms with Crippen molar-refractivity contribution in [2.75, 3.05) is 12.3 Å². The molecule has 3 N–H and O–H groups in total. The van der Waals surface area contributed by atoms with Crippen molar-refractivity contribution in [2.24, 2.45) is 11.7 Å². The molecular formula is C13H26N2OS. The minimum atomic E-state index is -0.429. The van der Waals surface area contributed by atoms with Crippen LogP contribution < -0.4 is 11.1 Å². The summed E-state index contributed by atoms with van der Waals surface area (Å²) in [6.07, 6.45) is 4.14. The van der Waals surface area contributed by atoms with Gasteiger partial charge in [0.2, 0.25) is 5.91 Å². The van der Waals surface area contributed by atoms with Gasteiger partial charge in [0.05, 0.1) is 5.54 Å². The molecule has 0 aromatic rings. The van der Waals surface area contributed by atoms with E-state index in [-0.39, 0.29) is 5.91 Å². The van der Waals surface area contributed by atoms with E-state index in [1.807, 2.05) is 18.7 Å². The molecule has 3 atom stereocenters. The molecule has 100 valence electrons. The minimum Gasteiger partial charge on any atom is -0.368 e. The maximum Gasteiger partial charge on any atom is 0.237 e. The molecule has 0 saturated heterocycles. The van der Waals surface area contributed by atoms with Crippen molar-refractivity contribution in [1.29, 1.82) is 0 Å². The second-order valence-electron chi connectivity index (χ2n) is 5.19. The van der Waals surface area contributed by atoms with Crippen LogP contribution in [0, 0.1) is 5.92 Å². The van der Waals surface area contributed by atoms with Crippen molar-refractivity contribution in [1.82, 2.24) is 5.32 Å². The van der Waals surface area contributed by atoms with E-state index in [1.165, 1.54) is 12.2 Å². The summed E-state index contributed by atoms with van der Waals surface area (Å²) in [5.74, 6) is 1.79. The van der Waals surface area contributed by atoms with E-state index in [1.54, 1.807) is 0 Å². The third-order valence-corrected chi connectivity index (χ3v) is 5.40. The number of thioether (sulfide) groups is 1. The number of primary amides is 1. The van der Waals surface area contributed by atoms with Gasteiger partial charge in [0, 0.05) is 5.25 Å². The van der Waals surface area contributed by atoms with Crippen LogP contribution in [0.25, 0.3) is 0 Å². The number of carbonyl (C=O) groups is 1. The van der Waals surface area contributed by atoms with E-state index in [0.29, 0.717) is 5.25 Å². The van der Waals surface area contributed by atoms with Crippen LogP contribution in [0.15, 0.2) is 0 Å². The topological polar surface area (TPSA) is 55.1 Å². The van der Waals surface area contributed by atoms with Gasteiger partial charge in [-0.25, -0.2) is 0 Å². The average molecular weight is 258 g/mol. The van der Waals surface area contributed by atoms with Crippen molar-refractivity contribution in [3.8, 4) is 0 Å². The Bertz CT molecular complexity index is 260. The van der Waals surface area contributed by atoms with Gasteiger partial charge in [-0.1, -0.05) is 27.2 Å². The molecule has 1 saturated carbocycles. The maximum atomic E-state index is 11.6. The van der Waals surface area contributed by atoms with Crippen molar-refractivity contribution < 1.29 is 4.79 Å². The number of hydrogen-bond acceptors (Lipinski definition) is 3. The first-order valence-electron chi connectivity index (χ1n) is 6.70. The molecule has 1 amide bonds. The molecule has 1 aliphatic carbocycles. The predicted molar refractivity (Wildman–Crippen MR) is 75.2 cm³/mol. The minimum absolute atomic E-state index is 0.175. The normalized spacial score (nSPS) is 30.4. The Labute approximate surface area is 109 Å². The summed E-state index contributed by atoms with van der Waals surface area (Å²) in [5, 5.41) is 3.89. The molecule has 0 aliphatic heterocycles. The fourth-order valence-electron chi connectivity index (χ4n) is 2.37. The van der Waals surface area contributed by atoms with Crippen LogP contribution in [0.5, 0.6) is 0 Å². The van der Waals surface area contributed by atoms with E-state index < -0.39 is 5.54 Å². The number of nitrogens with one attached hydrogen (secondary N) is 1. The second-order valence-corrected chi connectivity index (χ2v) is 6.52. The zero-order chi connectivity index (χ0) is 12.9. The Morgan fingerprint density at radius 3 is 2.82 bits per heavy atom. The summed E-state index contributed by atoms with van der Waals surface area (Å²) < 4.78 is 0. The lowest BCUT2D eigenvalue weighted by Crippen LogP contribution is -2.53. The van der Waals surface area contributed by atoms with Gasteiger partial charge in [-0.15, -0.1) is 0 Å². The molecule has 0 aromatic heterocycles. The molecule has 0 spiro atoms. The predicted octanol–water partition coefficient (Wildman–Crippen LogP) is 2.15. The Morgan fingerprint density at radius 2 is 2.29 bits per heavy atom. The molecule has 0 aromatic carbocycles. The summed E-state index contributed by atoms with van der Waals surface area (Å²) in [5.41, 5.74) is 5.12. The molecule has 0 radical (unpaired) electrons. The van der Waals surface area contributed by atoms with Gasteiger partial charge < -0.3 is 11.1 Å². The molecule has 1 aliphatic rings. The first kappa shape index (κ1) is 14.8. The standard InChI is InChI=1S/C13H26N2OS/c1-4-10(3)9-17-11-6-7-13(8-11,12(14)16)15-5-2/h10-11,15H,4-9H2,1-3H3,(H2,14,16). The van der Waals surface area contributed by atoms with Crippen molar-refractivity contribution >= 4 is 17.7 Å². The van der Waals surface area contributed by atoms with Gasteiger partial charge in [0.1, 0.15) is 0 Å². The van der Waals surface area contributed by atoms with Crippen LogP contribution in [0.1, 0.15) is 46.5 Å². The Morgan fingerprint density at radius 1 is 1.59 bits per heavy atom. The van der Waals surface area contributed by atoms with Gasteiger partial charge in [0.15, 0.2) is 0 Å². The van der Waals surface area contributed by atoms with E-state index in [2.05, 4.69) is 19.2 Å². The van der Waals surface area contributed by atoms with Crippen LogP contribution in [0.2, 0.25) is 0 Å². The Balaban J connectivity index is 2.46. The lowest BCUT2D eigenvalue weighted by atomic mass is 9.97. The van der Waals surface area contributed by atoms with E-state index in [9.17, 15) is 4.79 Å². The molecule has 3 nitrogen and oxygen atoms in total. The lowest BCUT2D eigenvalue weighted by molar-refractivity contribution is -0.124. The van der Waals surface area contributed by atoms with Crippen LogP contribution in [-0.2, 0) is 4.79 Å². The number of likely N-dealkylation sites (N-methyl/N-ethyl adjacent to an activating group) is 1. The average Bonchev–Trinajstić information content (AvgIpc) is 2.71. The third kappa shape index (κ3) is 3.88. The van der Waals surface area contributed by atoms with Crippen molar-refractivity contribution in [3.63, 3.8) is 0 Å². The second kappa shape index (κ2) is 6.64. The van der Waals surface area contributed by atoms with Crippen LogP contribution >= 0.6 is 11.8 Å². The summed E-state index contributed by atoms with van der Waals surface area (Å²) in [4.78, 5) is 11.6. The Kier molecular flexibility index (Phi) is 5.80. The molecular weight excluding hydrogens is 232 g/mol. The highest BCUT2D eigenvalue weighted by atomic mass is 32.2. The molecule has 1 fully saturated rings. The quantitative estimate of drug-likeness (QED) is 0.735. The number of amides is 1. The molecule has 1 rings (SSSR count). The van der Waals surface area contributed by atoms with Gasteiger partial charge in [-0.2, -0.15) is 11.8 Å². The zero-order valence-corrected chi connectivity index (χ0v) is 12.1. The third-order valence-electron chi connectivity index (χ3n) is 3.77. The molecule has 3 unspecified atom stereocenters. The van der Waals surface area contributed by atoms with Crippen LogP contribution in [0.4, 0.5) is 0 Å². The lowest BCUT2D eigenvalue weighted by Gasteiger charge is -2.26. The number of nitrogens with two attached hydrogens (primary N) is 1.